The maximum atomic E-state index is 9.43. The van der Waals surface area contributed by atoms with Crippen LogP contribution in [-0.2, 0) is 0 Å². The van der Waals surface area contributed by atoms with E-state index in [1.807, 2.05) is 36.4 Å². The molecule has 0 heterocycles. The third-order valence-electron chi connectivity index (χ3n) is 3.89. The number of hydrogen-bond donors (Lipinski definition) is 0. The summed E-state index contributed by atoms with van der Waals surface area (Å²) in [5, 5.41) is 9.43. The summed E-state index contributed by atoms with van der Waals surface area (Å²) in [6.45, 7) is 4.81. The number of benzene rings is 2. The van der Waals surface area contributed by atoms with Crippen molar-refractivity contribution in [1.29, 1.82) is 5.26 Å². The average Bonchev–Trinajstić information content (AvgIpc) is 2.59. The van der Waals surface area contributed by atoms with Gasteiger partial charge >= 0.3 is 0 Å². The summed E-state index contributed by atoms with van der Waals surface area (Å²) >= 11 is 0. The van der Waals surface area contributed by atoms with Crippen LogP contribution in [0.15, 0.2) is 48.5 Å². The predicted molar refractivity (Wildman–Crippen MR) is 92.0 cm³/mol. The molecule has 1 atom stereocenters. The van der Waals surface area contributed by atoms with Crippen LogP contribution in [0.2, 0.25) is 0 Å². The highest BCUT2D eigenvalue weighted by atomic mass is 16.5. The lowest BCUT2D eigenvalue weighted by Crippen LogP contribution is -2.05. The van der Waals surface area contributed by atoms with Gasteiger partial charge in [-0.25, -0.2) is 0 Å². The minimum atomic E-state index is -0.161. The lowest BCUT2D eigenvalue weighted by atomic mass is 9.94. The van der Waals surface area contributed by atoms with Crippen molar-refractivity contribution < 1.29 is 9.47 Å². The lowest BCUT2D eigenvalue weighted by molar-refractivity contribution is 0.285. The highest BCUT2D eigenvalue weighted by molar-refractivity contribution is 5.39. The topological polar surface area (TPSA) is 42.2 Å². The molecule has 0 amide bonds. The number of nitrogens with zero attached hydrogens (tertiary/aromatic N) is 1. The molecule has 0 saturated carbocycles. The Labute approximate surface area is 138 Å². The summed E-state index contributed by atoms with van der Waals surface area (Å²) < 4.78 is 11.0. The van der Waals surface area contributed by atoms with Crippen molar-refractivity contribution in [2.24, 2.45) is 0 Å². The summed E-state index contributed by atoms with van der Waals surface area (Å²) in [4.78, 5) is 0. The summed E-state index contributed by atoms with van der Waals surface area (Å²) in [6, 6.07) is 18.2. The molecule has 0 spiro atoms. The van der Waals surface area contributed by atoms with Crippen molar-refractivity contribution in [3.05, 3.63) is 59.7 Å². The largest absolute Gasteiger partial charge is 0.493 e. The molecule has 2 aromatic carbocycles. The Morgan fingerprint density at radius 3 is 2.13 bits per heavy atom. The normalized spacial score (nSPS) is 11.8. The number of hydrogen-bond acceptors (Lipinski definition) is 3. The van der Waals surface area contributed by atoms with E-state index in [0.717, 1.165) is 5.56 Å². The van der Waals surface area contributed by atoms with Gasteiger partial charge in [0.25, 0.3) is 0 Å². The number of nitriles is 1. The van der Waals surface area contributed by atoms with Crippen LogP contribution >= 0.6 is 0 Å². The van der Waals surface area contributed by atoms with E-state index < -0.39 is 0 Å². The van der Waals surface area contributed by atoms with E-state index in [2.05, 4.69) is 32.0 Å². The first-order valence-corrected chi connectivity index (χ1v) is 7.91. The van der Waals surface area contributed by atoms with Gasteiger partial charge in [-0.1, -0.05) is 50.2 Å². The van der Waals surface area contributed by atoms with Gasteiger partial charge in [0.15, 0.2) is 11.5 Å². The van der Waals surface area contributed by atoms with Gasteiger partial charge in [-0.3, -0.25) is 0 Å². The molecule has 2 aromatic rings. The number of methoxy groups -OCH3 is 1. The molecule has 0 aliphatic rings. The first kappa shape index (κ1) is 16.9. The molecule has 3 nitrogen and oxygen atoms in total. The van der Waals surface area contributed by atoms with Crippen LogP contribution < -0.4 is 9.47 Å². The van der Waals surface area contributed by atoms with Crippen molar-refractivity contribution in [2.45, 2.75) is 32.1 Å². The average molecular weight is 309 g/mol. The Morgan fingerprint density at radius 2 is 1.57 bits per heavy atom. The van der Waals surface area contributed by atoms with Crippen molar-refractivity contribution in [3.63, 3.8) is 0 Å². The van der Waals surface area contributed by atoms with E-state index in [9.17, 15) is 5.26 Å². The Morgan fingerprint density at radius 1 is 0.957 bits per heavy atom. The third-order valence-corrected chi connectivity index (χ3v) is 3.89. The van der Waals surface area contributed by atoms with Crippen LogP contribution in [-0.4, -0.2) is 13.7 Å². The summed E-state index contributed by atoms with van der Waals surface area (Å²) in [6.07, 6.45) is 0.648. The fourth-order valence-electron chi connectivity index (χ4n) is 2.44. The van der Waals surface area contributed by atoms with Crippen LogP contribution in [0.4, 0.5) is 0 Å². The van der Waals surface area contributed by atoms with Crippen LogP contribution in [0.5, 0.6) is 11.5 Å². The molecule has 0 aromatic heterocycles. The van der Waals surface area contributed by atoms with Gasteiger partial charge in [0.1, 0.15) is 0 Å². The van der Waals surface area contributed by atoms with E-state index in [0.29, 0.717) is 30.4 Å². The Balaban J connectivity index is 1.96. The number of ether oxygens (including phenoxy) is 2. The molecular weight excluding hydrogens is 286 g/mol. The molecule has 0 bridgehead atoms. The van der Waals surface area contributed by atoms with Gasteiger partial charge in [0.2, 0.25) is 0 Å². The summed E-state index contributed by atoms with van der Waals surface area (Å²) in [5.74, 6) is 1.76. The second kappa shape index (κ2) is 8.24. The zero-order valence-electron chi connectivity index (χ0n) is 14.0. The quantitative estimate of drug-likeness (QED) is 0.731. The summed E-state index contributed by atoms with van der Waals surface area (Å²) in [7, 11) is 1.62. The first-order chi connectivity index (χ1) is 11.2. The molecule has 2 rings (SSSR count). The van der Waals surface area contributed by atoms with Crippen LogP contribution in [0.25, 0.3) is 0 Å². The van der Waals surface area contributed by atoms with Gasteiger partial charge < -0.3 is 9.47 Å². The van der Waals surface area contributed by atoms with Crippen molar-refractivity contribution in [1.82, 2.24) is 0 Å². The highest BCUT2D eigenvalue weighted by Gasteiger charge is 2.12. The molecule has 120 valence electrons. The van der Waals surface area contributed by atoms with Crippen LogP contribution in [0.3, 0.4) is 0 Å². The SMILES string of the molecule is COc1ccccc1OCCC(C#N)c1ccc(C(C)C)cc1. The Bertz CT molecular complexity index is 656. The zero-order valence-corrected chi connectivity index (χ0v) is 14.0. The standard InChI is InChI=1S/C20H23NO2/c1-15(2)16-8-10-17(11-9-16)18(14-21)12-13-23-20-7-5-4-6-19(20)22-3/h4-11,15,18H,12-13H2,1-3H3. The van der Waals surface area contributed by atoms with Crippen molar-refractivity contribution in [2.75, 3.05) is 13.7 Å². The van der Waals surface area contributed by atoms with Crippen molar-refractivity contribution in [3.8, 4) is 17.6 Å². The molecule has 3 heteroatoms. The highest BCUT2D eigenvalue weighted by Crippen LogP contribution is 2.27. The second-order valence-electron chi connectivity index (χ2n) is 5.79. The maximum absolute atomic E-state index is 9.43. The fourth-order valence-corrected chi connectivity index (χ4v) is 2.44. The third kappa shape index (κ3) is 4.50. The molecule has 0 fully saturated rings. The maximum Gasteiger partial charge on any atom is 0.161 e. The molecular formula is C20H23NO2. The van der Waals surface area contributed by atoms with E-state index >= 15 is 0 Å². The first-order valence-electron chi connectivity index (χ1n) is 7.91. The van der Waals surface area contributed by atoms with E-state index in [4.69, 9.17) is 9.47 Å². The van der Waals surface area contributed by atoms with Gasteiger partial charge in [0.05, 0.1) is 25.7 Å². The molecule has 1 unspecified atom stereocenters. The number of rotatable bonds is 7. The van der Waals surface area contributed by atoms with Crippen LogP contribution in [0.1, 0.15) is 43.2 Å². The molecule has 23 heavy (non-hydrogen) atoms. The van der Waals surface area contributed by atoms with E-state index in [1.165, 1.54) is 5.56 Å². The van der Waals surface area contributed by atoms with Gasteiger partial charge in [0, 0.05) is 6.42 Å². The minimum Gasteiger partial charge on any atom is -0.493 e. The second-order valence-corrected chi connectivity index (χ2v) is 5.79. The Hall–Kier alpha value is -2.47. The molecule has 0 saturated heterocycles. The van der Waals surface area contributed by atoms with Gasteiger partial charge in [-0.15, -0.1) is 0 Å². The van der Waals surface area contributed by atoms with Crippen molar-refractivity contribution >= 4 is 0 Å². The van der Waals surface area contributed by atoms with Gasteiger partial charge in [-0.2, -0.15) is 5.26 Å². The molecule has 0 aliphatic heterocycles. The zero-order chi connectivity index (χ0) is 16.7. The minimum absolute atomic E-state index is 0.161. The molecule has 0 N–H and O–H groups in total. The van der Waals surface area contributed by atoms with Crippen LogP contribution in [0, 0.1) is 11.3 Å². The molecule has 0 aliphatic carbocycles. The van der Waals surface area contributed by atoms with E-state index in [-0.39, 0.29) is 5.92 Å². The van der Waals surface area contributed by atoms with Gasteiger partial charge in [-0.05, 0) is 29.2 Å². The summed E-state index contributed by atoms with van der Waals surface area (Å²) in [5.41, 5.74) is 2.33. The Kier molecular flexibility index (Phi) is 6.05. The fraction of sp³-hybridized carbons (Fsp3) is 0.350. The lowest BCUT2D eigenvalue weighted by Gasteiger charge is -2.14. The molecule has 0 radical (unpaired) electrons. The smallest absolute Gasteiger partial charge is 0.161 e. The number of para-hydroxylation sites is 2. The predicted octanol–water partition coefficient (Wildman–Crippen LogP) is 4.89. The monoisotopic (exact) mass is 309 g/mol. The van der Waals surface area contributed by atoms with E-state index in [1.54, 1.807) is 7.11 Å².